The smallest absolute Gasteiger partial charge is 0.150 e. The molecule has 0 aromatic rings. The minimum Gasteiger partial charge on any atom is -0.314 e. The zero-order chi connectivity index (χ0) is 9.53. The maximum atomic E-state index is 11.2. The Morgan fingerprint density at radius 3 is 2.15 bits per heavy atom. The quantitative estimate of drug-likeness (QED) is 0.713. The van der Waals surface area contributed by atoms with Gasteiger partial charge in [0, 0.05) is 5.54 Å². The average molecular weight is 203 g/mol. The maximum Gasteiger partial charge on any atom is 0.150 e. The van der Waals surface area contributed by atoms with Crippen molar-refractivity contribution in [1.82, 2.24) is 5.32 Å². The molecule has 0 aromatic heterocycles. The van der Waals surface area contributed by atoms with Gasteiger partial charge in [-0.3, -0.25) is 0 Å². The van der Waals surface area contributed by atoms with Gasteiger partial charge in [-0.15, -0.1) is 0 Å². The van der Waals surface area contributed by atoms with E-state index in [0.717, 1.165) is 12.8 Å². The molecule has 3 nitrogen and oxygen atoms in total. The number of rotatable bonds is 2. The first-order valence-corrected chi connectivity index (χ1v) is 6.79. The zero-order valence-electron chi connectivity index (χ0n) is 8.04. The van der Waals surface area contributed by atoms with Crippen LogP contribution in [0.25, 0.3) is 0 Å². The Morgan fingerprint density at radius 1 is 1.23 bits per heavy atom. The molecule has 4 heteroatoms. The first-order chi connectivity index (χ1) is 6.08. The molecule has 0 atom stereocenters. The third kappa shape index (κ3) is 1.74. The Labute approximate surface area is 79.8 Å². The van der Waals surface area contributed by atoms with Crippen molar-refractivity contribution in [3.8, 4) is 0 Å². The SMILES string of the molecule is CNC1(C2CCS(=O)(=O)CC2)CC1. The van der Waals surface area contributed by atoms with Crippen molar-refractivity contribution in [3.63, 3.8) is 0 Å². The van der Waals surface area contributed by atoms with Gasteiger partial charge in [0.15, 0.2) is 0 Å². The summed E-state index contributed by atoms with van der Waals surface area (Å²) in [6.45, 7) is 0. The molecule has 0 aromatic carbocycles. The largest absolute Gasteiger partial charge is 0.314 e. The van der Waals surface area contributed by atoms with Gasteiger partial charge in [-0.25, -0.2) is 8.42 Å². The molecule has 76 valence electrons. The zero-order valence-corrected chi connectivity index (χ0v) is 8.86. The van der Waals surface area contributed by atoms with E-state index in [9.17, 15) is 8.42 Å². The molecule has 1 saturated heterocycles. The summed E-state index contributed by atoms with van der Waals surface area (Å²) in [7, 11) is -0.688. The predicted molar refractivity (Wildman–Crippen MR) is 52.4 cm³/mol. The van der Waals surface area contributed by atoms with Crippen LogP contribution in [0.2, 0.25) is 0 Å². The highest BCUT2D eigenvalue weighted by molar-refractivity contribution is 7.91. The van der Waals surface area contributed by atoms with Crippen LogP contribution in [0, 0.1) is 5.92 Å². The Hall–Kier alpha value is -0.0900. The normalized spacial score (nSPS) is 31.5. The van der Waals surface area contributed by atoms with Gasteiger partial charge in [0.25, 0.3) is 0 Å². The van der Waals surface area contributed by atoms with E-state index in [2.05, 4.69) is 5.32 Å². The summed E-state index contributed by atoms with van der Waals surface area (Å²) in [5.41, 5.74) is 0.315. The fraction of sp³-hybridized carbons (Fsp3) is 1.00. The molecular formula is C9H17NO2S. The molecule has 0 radical (unpaired) electrons. The number of nitrogens with one attached hydrogen (secondary N) is 1. The fourth-order valence-electron chi connectivity index (χ4n) is 2.44. The van der Waals surface area contributed by atoms with Gasteiger partial charge in [0.1, 0.15) is 9.84 Å². The third-order valence-electron chi connectivity index (χ3n) is 3.62. The van der Waals surface area contributed by atoms with Crippen LogP contribution in [0.1, 0.15) is 25.7 Å². The van der Waals surface area contributed by atoms with Gasteiger partial charge < -0.3 is 5.32 Å². The second-order valence-corrected chi connectivity index (χ2v) is 6.64. The highest BCUT2D eigenvalue weighted by atomic mass is 32.2. The topological polar surface area (TPSA) is 46.2 Å². The lowest BCUT2D eigenvalue weighted by atomic mass is 9.91. The molecule has 1 N–H and O–H groups in total. The Balaban J connectivity index is 1.99. The molecule has 1 heterocycles. The van der Waals surface area contributed by atoms with E-state index in [4.69, 9.17) is 0 Å². The first-order valence-electron chi connectivity index (χ1n) is 4.97. The lowest BCUT2D eigenvalue weighted by Gasteiger charge is -2.29. The van der Waals surface area contributed by atoms with E-state index in [1.165, 1.54) is 12.8 Å². The van der Waals surface area contributed by atoms with E-state index in [1.54, 1.807) is 0 Å². The van der Waals surface area contributed by atoms with Crippen molar-refractivity contribution in [1.29, 1.82) is 0 Å². The summed E-state index contributed by atoms with van der Waals surface area (Å²) in [5, 5.41) is 3.35. The summed E-state index contributed by atoms with van der Waals surface area (Å²) in [5.74, 6) is 1.41. The minimum atomic E-state index is -2.68. The van der Waals surface area contributed by atoms with Crippen molar-refractivity contribution in [2.45, 2.75) is 31.2 Å². The monoisotopic (exact) mass is 203 g/mol. The molecule has 1 aliphatic heterocycles. The van der Waals surface area contributed by atoms with Gasteiger partial charge in [0.2, 0.25) is 0 Å². The van der Waals surface area contributed by atoms with Gasteiger partial charge in [-0.05, 0) is 38.6 Å². The van der Waals surface area contributed by atoms with E-state index in [1.807, 2.05) is 7.05 Å². The van der Waals surface area contributed by atoms with Crippen LogP contribution in [-0.2, 0) is 9.84 Å². The molecule has 1 saturated carbocycles. The van der Waals surface area contributed by atoms with Crippen LogP contribution in [0.15, 0.2) is 0 Å². The molecule has 2 rings (SSSR count). The standard InChI is InChI=1S/C9H17NO2S/c1-10-9(4-5-9)8-2-6-13(11,12)7-3-8/h8,10H,2-7H2,1H3. The van der Waals surface area contributed by atoms with Crippen molar-refractivity contribution in [3.05, 3.63) is 0 Å². The molecule has 0 unspecified atom stereocenters. The molecular weight excluding hydrogens is 186 g/mol. The lowest BCUT2D eigenvalue weighted by Crippen LogP contribution is -2.40. The van der Waals surface area contributed by atoms with Crippen molar-refractivity contribution < 1.29 is 8.42 Å². The van der Waals surface area contributed by atoms with Crippen LogP contribution >= 0.6 is 0 Å². The number of hydrogen-bond donors (Lipinski definition) is 1. The molecule has 0 bridgehead atoms. The molecule has 13 heavy (non-hydrogen) atoms. The van der Waals surface area contributed by atoms with Gasteiger partial charge in [0.05, 0.1) is 11.5 Å². The van der Waals surface area contributed by atoms with Crippen molar-refractivity contribution in [2.75, 3.05) is 18.6 Å². The molecule has 2 fully saturated rings. The summed E-state index contributed by atoms with van der Waals surface area (Å²) >= 11 is 0. The fourth-order valence-corrected chi connectivity index (χ4v) is 3.93. The highest BCUT2D eigenvalue weighted by Gasteiger charge is 2.49. The summed E-state index contributed by atoms with van der Waals surface area (Å²) in [6, 6.07) is 0. The molecule has 2 aliphatic rings. The molecule has 0 amide bonds. The predicted octanol–water partition coefficient (Wildman–Crippen LogP) is 0.563. The van der Waals surface area contributed by atoms with E-state index in [-0.39, 0.29) is 0 Å². The summed E-state index contributed by atoms with van der Waals surface area (Å²) in [4.78, 5) is 0. The second-order valence-electron chi connectivity index (χ2n) is 4.33. The summed E-state index contributed by atoms with van der Waals surface area (Å²) in [6.07, 6.45) is 4.19. The van der Waals surface area contributed by atoms with E-state index >= 15 is 0 Å². The summed E-state index contributed by atoms with van der Waals surface area (Å²) < 4.78 is 22.4. The van der Waals surface area contributed by atoms with Crippen molar-refractivity contribution >= 4 is 9.84 Å². The van der Waals surface area contributed by atoms with E-state index < -0.39 is 9.84 Å². The highest BCUT2D eigenvalue weighted by Crippen LogP contribution is 2.46. The minimum absolute atomic E-state index is 0.315. The van der Waals surface area contributed by atoms with Gasteiger partial charge >= 0.3 is 0 Å². The maximum absolute atomic E-state index is 11.2. The van der Waals surface area contributed by atoms with Crippen LogP contribution < -0.4 is 5.32 Å². The van der Waals surface area contributed by atoms with Gasteiger partial charge in [-0.2, -0.15) is 0 Å². The second kappa shape index (κ2) is 2.95. The van der Waals surface area contributed by atoms with Crippen molar-refractivity contribution in [2.24, 2.45) is 5.92 Å². The first kappa shape index (κ1) is 9.46. The van der Waals surface area contributed by atoms with Gasteiger partial charge in [-0.1, -0.05) is 0 Å². The Bertz CT molecular complexity index is 279. The Kier molecular flexibility index (Phi) is 2.15. The van der Waals surface area contributed by atoms with Crippen LogP contribution in [-0.4, -0.2) is 32.5 Å². The number of hydrogen-bond acceptors (Lipinski definition) is 3. The number of sulfone groups is 1. The van der Waals surface area contributed by atoms with Crippen LogP contribution in [0.3, 0.4) is 0 Å². The van der Waals surface area contributed by atoms with E-state index in [0.29, 0.717) is 23.0 Å². The third-order valence-corrected chi connectivity index (χ3v) is 5.34. The van der Waals surface area contributed by atoms with Crippen LogP contribution in [0.4, 0.5) is 0 Å². The molecule has 1 aliphatic carbocycles. The Morgan fingerprint density at radius 2 is 1.77 bits per heavy atom. The average Bonchev–Trinajstić information content (AvgIpc) is 2.85. The molecule has 0 spiro atoms. The lowest BCUT2D eigenvalue weighted by molar-refractivity contribution is 0.324. The van der Waals surface area contributed by atoms with Crippen LogP contribution in [0.5, 0.6) is 0 Å².